The van der Waals surface area contributed by atoms with Crippen molar-refractivity contribution in [2.75, 3.05) is 13.2 Å². The minimum Gasteiger partial charge on any atom is -0.490 e. The third-order valence-corrected chi connectivity index (χ3v) is 4.47. The van der Waals surface area contributed by atoms with Gasteiger partial charge < -0.3 is 13.9 Å². The third kappa shape index (κ3) is 3.67. The van der Waals surface area contributed by atoms with Gasteiger partial charge in [0.25, 0.3) is 0 Å². The molecule has 0 aliphatic heterocycles. The number of nitriles is 1. The summed E-state index contributed by atoms with van der Waals surface area (Å²) in [7, 11) is 0. The Bertz CT molecular complexity index is 1170. The largest absolute Gasteiger partial charge is 0.490 e. The van der Waals surface area contributed by atoms with Crippen LogP contribution >= 0.6 is 0 Å². The van der Waals surface area contributed by atoms with Crippen molar-refractivity contribution in [3.8, 4) is 11.8 Å². The summed E-state index contributed by atoms with van der Waals surface area (Å²) in [6.45, 7) is 0.391. The molecule has 5 nitrogen and oxygen atoms in total. The van der Waals surface area contributed by atoms with Crippen LogP contribution in [-0.4, -0.2) is 19.2 Å². The van der Waals surface area contributed by atoms with E-state index in [-0.39, 0.29) is 25.6 Å². The summed E-state index contributed by atoms with van der Waals surface area (Å²) in [6, 6.07) is 20.7. The first-order valence-corrected chi connectivity index (χ1v) is 8.91. The van der Waals surface area contributed by atoms with Crippen molar-refractivity contribution in [1.82, 2.24) is 0 Å². The molecule has 5 heteroatoms. The molecule has 28 heavy (non-hydrogen) atoms. The van der Waals surface area contributed by atoms with Crippen LogP contribution in [0.15, 0.2) is 71.3 Å². The van der Waals surface area contributed by atoms with Gasteiger partial charge in [-0.25, -0.2) is 0 Å². The van der Waals surface area contributed by atoms with Crippen molar-refractivity contribution in [2.45, 2.75) is 6.42 Å². The predicted molar refractivity (Wildman–Crippen MR) is 105 cm³/mol. The minimum atomic E-state index is -0.334. The third-order valence-electron chi connectivity index (χ3n) is 4.47. The van der Waals surface area contributed by atoms with Gasteiger partial charge in [-0.2, -0.15) is 5.26 Å². The first-order chi connectivity index (χ1) is 13.7. The van der Waals surface area contributed by atoms with Gasteiger partial charge in [0, 0.05) is 10.9 Å². The summed E-state index contributed by atoms with van der Waals surface area (Å²) in [5.74, 6) is 0.293. The van der Waals surface area contributed by atoms with Gasteiger partial charge in [-0.05, 0) is 41.1 Å². The van der Waals surface area contributed by atoms with E-state index in [1.165, 1.54) is 0 Å². The summed E-state index contributed by atoms with van der Waals surface area (Å²) in [4.78, 5) is 12.2. The van der Waals surface area contributed by atoms with E-state index in [2.05, 4.69) is 0 Å². The number of hydrogen-bond acceptors (Lipinski definition) is 5. The number of ether oxygens (including phenoxy) is 2. The van der Waals surface area contributed by atoms with Crippen molar-refractivity contribution in [3.63, 3.8) is 0 Å². The molecule has 0 fully saturated rings. The van der Waals surface area contributed by atoms with Crippen molar-refractivity contribution in [2.24, 2.45) is 0 Å². The molecule has 4 rings (SSSR count). The molecule has 3 aromatic carbocycles. The maximum Gasteiger partial charge on any atom is 0.310 e. The second-order valence-electron chi connectivity index (χ2n) is 6.30. The Kier molecular flexibility index (Phi) is 4.94. The van der Waals surface area contributed by atoms with E-state index in [0.29, 0.717) is 11.3 Å². The van der Waals surface area contributed by atoms with Crippen LogP contribution in [0.2, 0.25) is 0 Å². The van der Waals surface area contributed by atoms with Crippen molar-refractivity contribution in [1.29, 1.82) is 5.26 Å². The monoisotopic (exact) mass is 371 g/mol. The number of carbonyl (C=O) groups excluding carboxylic acids is 1. The van der Waals surface area contributed by atoms with E-state index in [9.17, 15) is 4.79 Å². The first-order valence-electron chi connectivity index (χ1n) is 8.91. The first kappa shape index (κ1) is 17.6. The molecule has 1 heterocycles. The SMILES string of the molecule is N#Cc1ccc(OCCOC(=O)Cc2coc3ccc4ccccc4c23)cc1. The molecule has 0 spiro atoms. The van der Waals surface area contributed by atoms with Gasteiger partial charge in [-0.1, -0.05) is 30.3 Å². The summed E-state index contributed by atoms with van der Waals surface area (Å²) < 4.78 is 16.4. The zero-order valence-corrected chi connectivity index (χ0v) is 15.1. The fourth-order valence-electron chi connectivity index (χ4n) is 3.15. The van der Waals surface area contributed by atoms with Gasteiger partial charge in [0.05, 0.1) is 24.3 Å². The highest BCUT2D eigenvalue weighted by atomic mass is 16.6. The average Bonchev–Trinajstić information content (AvgIpc) is 3.15. The molecule has 0 atom stereocenters. The van der Waals surface area contributed by atoms with Gasteiger partial charge >= 0.3 is 5.97 Å². The predicted octanol–water partition coefficient (Wildman–Crippen LogP) is 4.62. The van der Waals surface area contributed by atoms with Crippen molar-refractivity contribution < 1.29 is 18.7 Å². The molecule has 0 N–H and O–H groups in total. The molecular formula is C23H17NO4. The number of nitrogens with zero attached hydrogens (tertiary/aromatic N) is 1. The molecule has 0 aliphatic rings. The lowest BCUT2D eigenvalue weighted by Gasteiger charge is -2.07. The van der Waals surface area contributed by atoms with E-state index in [4.69, 9.17) is 19.2 Å². The van der Waals surface area contributed by atoms with Crippen LogP contribution in [0.5, 0.6) is 5.75 Å². The lowest BCUT2D eigenvalue weighted by Crippen LogP contribution is -2.13. The number of fused-ring (bicyclic) bond motifs is 3. The lowest BCUT2D eigenvalue weighted by atomic mass is 10.0. The molecule has 138 valence electrons. The highest BCUT2D eigenvalue weighted by molar-refractivity contribution is 6.08. The highest BCUT2D eigenvalue weighted by Crippen LogP contribution is 2.30. The Morgan fingerprint density at radius 2 is 1.82 bits per heavy atom. The number of rotatable bonds is 6. The second kappa shape index (κ2) is 7.85. The quantitative estimate of drug-likeness (QED) is 0.365. The molecule has 0 saturated carbocycles. The molecule has 4 aromatic rings. The average molecular weight is 371 g/mol. The molecule has 0 amide bonds. The standard InChI is InChI=1S/C23H17NO4/c24-14-16-5-8-19(9-6-16)26-11-12-27-22(25)13-18-15-28-21-10-7-17-3-1-2-4-20(17)23(18)21/h1-10,15H,11-13H2. The number of benzene rings is 3. The Labute approximate surface area is 161 Å². The molecule has 0 saturated heterocycles. The molecule has 0 radical (unpaired) electrons. The zero-order chi connectivity index (χ0) is 19.3. The van der Waals surface area contributed by atoms with Crippen molar-refractivity contribution in [3.05, 3.63) is 78.1 Å². The van der Waals surface area contributed by atoms with Crippen LogP contribution in [0.1, 0.15) is 11.1 Å². The Morgan fingerprint density at radius 1 is 1.00 bits per heavy atom. The van der Waals surface area contributed by atoms with E-state index >= 15 is 0 Å². The fourth-order valence-corrected chi connectivity index (χ4v) is 3.15. The Balaban J connectivity index is 1.36. The van der Waals surface area contributed by atoms with E-state index in [0.717, 1.165) is 27.3 Å². The normalized spacial score (nSPS) is 10.7. The zero-order valence-electron chi connectivity index (χ0n) is 15.1. The maximum absolute atomic E-state index is 12.2. The van der Waals surface area contributed by atoms with Crippen LogP contribution in [0.3, 0.4) is 0 Å². The summed E-state index contributed by atoms with van der Waals surface area (Å²) >= 11 is 0. The molecular weight excluding hydrogens is 354 g/mol. The van der Waals surface area contributed by atoms with Crippen LogP contribution in [0.25, 0.3) is 21.7 Å². The number of esters is 1. The Morgan fingerprint density at radius 3 is 2.64 bits per heavy atom. The smallest absolute Gasteiger partial charge is 0.310 e. The topological polar surface area (TPSA) is 72.5 Å². The number of hydrogen-bond donors (Lipinski definition) is 0. The second-order valence-corrected chi connectivity index (χ2v) is 6.30. The maximum atomic E-state index is 12.2. The van der Waals surface area contributed by atoms with E-state index < -0.39 is 0 Å². The summed E-state index contributed by atoms with van der Waals surface area (Å²) in [5.41, 5.74) is 2.13. The van der Waals surface area contributed by atoms with Crippen molar-refractivity contribution >= 4 is 27.7 Å². The lowest BCUT2D eigenvalue weighted by molar-refractivity contribution is -0.143. The summed E-state index contributed by atoms with van der Waals surface area (Å²) in [6.07, 6.45) is 1.75. The van der Waals surface area contributed by atoms with Crippen LogP contribution in [-0.2, 0) is 16.0 Å². The highest BCUT2D eigenvalue weighted by Gasteiger charge is 2.14. The van der Waals surface area contributed by atoms with Gasteiger partial charge in [0.15, 0.2) is 0 Å². The van der Waals surface area contributed by atoms with E-state index in [1.54, 1.807) is 30.5 Å². The molecule has 1 aromatic heterocycles. The Hall–Kier alpha value is -3.78. The van der Waals surface area contributed by atoms with Crippen LogP contribution < -0.4 is 4.74 Å². The molecule has 0 bridgehead atoms. The van der Waals surface area contributed by atoms with Gasteiger partial charge in [0.2, 0.25) is 0 Å². The summed E-state index contributed by atoms with van der Waals surface area (Å²) in [5, 5.41) is 11.9. The van der Waals surface area contributed by atoms with Gasteiger partial charge in [-0.3, -0.25) is 4.79 Å². The molecule has 0 unspecified atom stereocenters. The minimum absolute atomic E-state index is 0.137. The van der Waals surface area contributed by atoms with Gasteiger partial charge in [-0.15, -0.1) is 0 Å². The number of carbonyl (C=O) groups is 1. The number of furan rings is 1. The fraction of sp³-hybridized carbons (Fsp3) is 0.130. The molecule has 0 aliphatic carbocycles. The van der Waals surface area contributed by atoms with E-state index in [1.807, 2.05) is 42.5 Å². The van der Waals surface area contributed by atoms with Gasteiger partial charge in [0.1, 0.15) is 24.5 Å². The van der Waals surface area contributed by atoms with Crippen LogP contribution in [0, 0.1) is 11.3 Å². The van der Waals surface area contributed by atoms with Crippen LogP contribution in [0.4, 0.5) is 0 Å².